The van der Waals surface area contributed by atoms with Gasteiger partial charge in [0.15, 0.2) is 11.0 Å². The van der Waals surface area contributed by atoms with Gasteiger partial charge in [-0.15, -0.1) is 10.2 Å². The lowest BCUT2D eigenvalue weighted by Crippen LogP contribution is -2.36. The average molecular weight is 334 g/mol. The first-order valence-corrected chi connectivity index (χ1v) is 8.31. The van der Waals surface area contributed by atoms with Crippen LogP contribution in [0.1, 0.15) is 20.8 Å². The molecule has 0 saturated carbocycles. The van der Waals surface area contributed by atoms with E-state index in [1.807, 2.05) is 56.7 Å². The van der Waals surface area contributed by atoms with Gasteiger partial charge in [-0.05, 0) is 45.0 Å². The number of carbonyl (C=O) groups is 1. The van der Waals surface area contributed by atoms with E-state index in [1.54, 1.807) is 7.11 Å². The van der Waals surface area contributed by atoms with E-state index < -0.39 is 0 Å². The number of hydrogen-bond acceptors (Lipinski definition) is 5. The summed E-state index contributed by atoms with van der Waals surface area (Å²) in [5, 5.41) is 11.8. The van der Waals surface area contributed by atoms with Crippen LogP contribution in [0.3, 0.4) is 0 Å². The van der Waals surface area contributed by atoms with E-state index in [2.05, 4.69) is 15.5 Å². The minimum atomic E-state index is -0.232. The second-order valence-corrected chi connectivity index (χ2v) is 6.83. The van der Waals surface area contributed by atoms with Gasteiger partial charge in [-0.2, -0.15) is 0 Å². The molecule has 0 unspecified atom stereocenters. The summed E-state index contributed by atoms with van der Waals surface area (Å²) in [6, 6.07) is 7.77. The first kappa shape index (κ1) is 17.3. The first-order valence-electron chi connectivity index (χ1n) is 7.43. The van der Waals surface area contributed by atoms with Gasteiger partial charge in [-0.3, -0.25) is 4.79 Å². The molecule has 1 aromatic carbocycles. The Morgan fingerprint density at radius 3 is 2.43 bits per heavy atom. The fraction of sp³-hybridized carbons (Fsp3) is 0.438. The van der Waals surface area contributed by atoms with Gasteiger partial charge in [0.05, 0.1) is 12.4 Å². The highest BCUT2D eigenvalue weighted by molar-refractivity contribution is 8.00. The van der Waals surface area contributed by atoms with Crippen LogP contribution in [0.2, 0.25) is 0 Å². The van der Waals surface area contributed by atoms with E-state index in [9.17, 15) is 4.79 Å². The van der Waals surface area contributed by atoms with Crippen LogP contribution in [-0.2, 0) is 11.8 Å². The van der Waals surface area contributed by atoms with E-state index in [0.717, 1.165) is 17.1 Å². The third-order valence-corrected chi connectivity index (χ3v) is 4.40. The van der Waals surface area contributed by atoms with Gasteiger partial charge in [0.1, 0.15) is 5.75 Å². The molecule has 0 aliphatic carbocycles. The highest BCUT2D eigenvalue weighted by Gasteiger charge is 2.19. The number of ether oxygens (including phenoxy) is 1. The Morgan fingerprint density at radius 1 is 1.22 bits per heavy atom. The molecule has 0 bridgehead atoms. The third-order valence-electron chi connectivity index (χ3n) is 3.27. The molecule has 1 N–H and O–H groups in total. The number of amides is 1. The summed E-state index contributed by atoms with van der Waals surface area (Å²) in [4.78, 5) is 12.0. The molecule has 0 spiro atoms. The molecule has 7 heteroatoms. The molecule has 0 radical (unpaired) electrons. The fourth-order valence-corrected chi connectivity index (χ4v) is 2.85. The van der Waals surface area contributed by atoms with Crippen LogP contribution in [-0.4, -0.2) is 39.1 Å². The molecule has 1 aromatic heterocycles. The summed E-state index contributed by atoms with van der Waals surface area (Å²) >= 11 is 1.40. The van der Waals surface area contributed by atoms with Crippen molar-refractivity contribution >= 4 is 17.7 Å². The lowest BCUT2D eigenvalue weighted by Gasteiger charge is -2.13. The molecular formula is C16H22N4O2S. The normalized spacial score (nSPS) is 12.3. The summed E-state index contributed by atoms with van der Waals surface area (Å²) in [5.41, 5.74) is 0.951. The van der Waals surface area contributed by atoms with E-state index >= 15 is 0 Å². The standard InChI is InChI=1S/C16H22N4O2S/c1-10(2)17-15(21)11(3)23-16-19-18-14(20(16)4)12-6-8-13(22-5)9-7-12/h6-11H,1-5H3,(H,17,21)/t11-/m1/s1. The van der Waals surface area contributed by atoms with Crippen molar-refractivity contribution in [3.8, 4) is 17.1 Å². The minimum Gasteiger partial charge on any atom is -0.497 e. The maximum Gasteiger partial charge on any atom is 0.233 e. The van der Waals surface area contributed by atoms with Crippen molar-refractivity contribution in [1.29, 1.82) is 0 Å². The van der Waals surface area contributed by atoms with Gasteiger partial charge in [0.25, 0.3) is 0 Å². The van der Waals surface area contributed by atoms with Crippen LogP contribution in [0, 0.1) is 0 Å². The number of thioether (sulfide) groups is 1. The lowest BCUT2D eigenvalue weighted by atomic mass is 10.2. The molecule has 1 atom stereocenters. The monoisotopic (exact) mass is 334 g/mol. The predicted molar refractivity (Wildman–Crippen MR) is 91.6 cm³/mol. The zero-order valence-corrected chi connectivity index (χ0v) is 14.8. The summed E-state index contributed by atoms with van der Waals surface area (Å²) in [6.45, 7) is 5.75. The van der Waals surface area contributed by atoms with Crippen LogP contribution < -0.4 is 10.1 Å². The number of rotatable bonds is 6. The third kappa shape index (κ3) is 4.25. The Kier molecular flexibility index (Phi) is 5.65. The molecule has 23 heavy (non-hydrogen) atoms. The van der Waals surface area contributed by atoms with Crippen molar-refractivity contribution in [3.05, 3.63) is 24.3 Å². The second-order valence-electron chi connectivity index (χ2n) is 5.52. The quantitative estimate of drug-likeness (QED) is 0.822. The maximum absolute atomic E-state index is 12.0. The fourth-order valence-electron chi connectivity index (χ4n) is 2.02. The highest BCUT2D eigenvalue weighted by atomic mass is 32.2. The summed E-state index contributed by atoms with van der Waals surface area (Å²) in [5.74, 6) is 1.55. The highest BCUT2D eigenvalue weighted by Crippen LogP contribution is 2.26. The molecule has 0 saturated heterocycles. The van der Waals surface area contributed by atoms with Crippen LogP contribution in [0.15, 0.2) is 29.4 Å². The number of nitrogens with one attached hydrogen (secondary N) is 1. The SMILES string of the molecule is COc1ccc(-c2nnc(S[C@H](C)C(=O)NC(C)C)n2C)cc1. The van der Waals surface area contributed by atoms with Crippen molar-refractivity contribution in [1.82, 2.24) is 20.1 Å². The lowest BCUT2D eigenvalue weighted by molar-refractivity contribution is -0.120. The van der Waals surface area contributed by atoms with Crippen molar-refractivity contribution in [3.63, 3.8) is 0 Å². The van der Waals surface area contributed by atoms with Gasteiger partial charge in [0, 0.05) is 18.7 Å². The number of benzene rings is 1. The van der Waals surface area contributed by atoms with Crippen LogP contribution >= 0.6 is 11.8 Å². The summed E-state index contributed by atoms with van der Waals surface area (Å²) in [7, 11) is 3.53. The van der Waals surface area contributed by atoms with Crippen LogP contribution in [0.25, 0.3) is 11.4 Å². The van der Waals surface area contributed by atoms with Gasteiger partial charge < -0.3 is 14.6 Å². The Hall–Kier alpha value is -2.02. The van der Waals surface area contributed by atoms with E-state index in [4.69, 9.17) is 4.74 Å². The van der Waals surface area contributed by atoms with Gasteiger partial charge in [0.2, 0.25) is 5.91 Å². The van der Waals surface area contributed by atoms with Crippen molar-refractivity contribution in [2.24, 2.45) is 7.05 Å². The minimum absolute atomic E-state index is 0.000928. The van der Waals surface area contributed by atoms with Gasteiger partial charge in [-0.1, -0.05) is 11.8 Å². The van der Waals surface area contributed by atoms with Gasteiger partial charge >= 0.3 is 0 Å². The number of aromatic nitrogens is 3. The summed E-state index contributed by atoms with van der Waals surface area (Å²) < 4.78 is 7.05. The molecule has 1 amide bonds. The van der Waals surface area contributed by atoms with Crippen molar-refractivity contribution in [2.75, 3.05) is 7.11 Å². The zero-order chi connectivity index (χ0) is 17.0. The maximum atomic E-state index is 12.0. The topological polar surface area (TPSA) is 69.0 Å². The van der Waals surface area contributed by atoms with Crippen molar-refractivity contribution in [2.45, 2.75) is 37.2 Å². The second kappa shape index (κ2) is 7.50. The Bertz CT molecular complexity index is 667. The Balaban J connectivity index is 2.13. The molecule has 0 aliphatic rings. The average Bonchev–Trinajstić information content (AvgIpc) is 2.87. The molecule has 1 heterocycles. The molecular weight excluding hydrogens is 312 g/mol. The van der Waals surface area contributed by atoms with E-state index in [1.165, 1.54) is 11.8 Å². The summed E-state index contributed by atoms with van der Waals surface area (Å²) in [6.07, 6.45) is 0. The number of nitrogens with zero attached hydrogens (tertiary/aromatic N) is 3. The smallest absolute Gasteiger partial charge is 0.233 e. The molecule has 0 fully saturated rings. The molecule has 124 valence electrons. The predicted octanol–water partition coefficient (Wildman–Crippen LogP) is 2.50. The first-order chi connectivity index (χ1) is 10.9. The molecule has 6 nitrogen and oxygen atoms in total. The van der Waals surface area contributed by atoms with Gasteiger partial charge in [-0.25, -0.2) is 0 Å². The number of carbonyl (C=O) groups excluding carboxylic acids is 1. The molecule has 2 aromatic rings. The number of hydrogen-bond donors (Lipinski definition) is 1. The molecule has 0 aliphatic heterocycles. The van der Waals surface area contributed by atoms with Crippen LogP contribution in [0.5, 0.6) is 5.75 Å². The largest absolute Gasteiger partial charge is 0.497 e. The molecule has 2 rings (SSSR count). The zero-order valence-electron chi connectivity index (χ0n) is 14.0. The van der Waals surface area contributed by atoms with Crippen LogP contribution in [0.4, 0.5) is 0 Å². The Labute approximate surface area is 140 Å². The number of methoxy groups -OCH3 is 1. The van der Waals surface area contributed by atoms with E-state index in [0.29, 0.717) is 5.16 Å². The van der Waals surface area contributed by atoms with E-state index in [-0.39, 0.29) is 17.2 Å². The Morgan fingerprint density at radius 2 is 1.87 bits per heavy atom. The van der Waals surface area contributed by atoms with Crippen molar-refractivity contribution < 1.29 is 9.53 Å².